The number of halogens is 4. The normalized spacial score (nSPS) is 11.5. The van der Waals surface area contributed by atoms with Crippen molar-refractivity contribution in [2.24, 2.45) is 0 Å². The van der Waals surface area contributed by atoms with Gasteiger partial charge in [0.25, 0.3) is 0 Å². The van der Waals surface area contributed by atoms with Crippen LogP contribution in [0.15, 0.2) is 36.4 Å². The maximum absolute atomic E-state index is 13.7. The Hall–Kier alpha value is -2.37. The Morgan fingerprint density at radius 3 is 2.14 bits per heavy atom. The number of hydrogen-bond donors (Lipinski definition) is 1. The van der Waals surface area contributed by atoms with Gasteiger partial charge in [-0.3, -0.25) is 0 Å². The van der Waals surface area contributed by atoms with Crippen LogP contribution in [-0.4, -0.2) is 11.1 Å². The molecule has 0 aromatic heterocycles. The molecule has 2 aromatic rings. The van der Waals surface area contributed by atoms with E-state index in [9.17, 15) is 22.4 Å². The van der Waals surface area contributed by atoms with Gasteiger partial charge in [-0.15, -0.1) is 0 Å². The van der Waals surface area contributed by atoms with Crippen LogP contribution < -0.4 is 0 Å². The third kappa shape index (κ3) is 3.04. The van der Waals surface area contributed by atoms with Crippen LogP contribution in [0.2, 0.25) is 0 Å². The highest BCUT2D eigenvalue weighted by Crippen LogP contribution is 2.32. The summed E-state index contributed by atoms with van der Waals surface area (Å²) in [5.41, 5.74) is -0.324. The van der Waals surface area contributed by atoms with E-state index in [-0.39, 0.29) is 16.7 Å². The highest BCUT2D eigenvalue weighted by Gasteiger charge is 2.30. The van der Waals surface area contributed by atoms with Gasteiger partial charge in [-0.2, -0.15) is 13.2 Å². The van der Waals surface area contributed by atoms with Crippen molar-refractivity contribution in [3.05, 3.63) is 58.9 Å². The van der Waals surface area contributed by atoms with Crippen LogP contribution in [0.4, 0.5) is 17.6 Å². The average molecular weight is 298 g/mol. The van der Waals surface area contributed by atoms with Gasteiger partial charge in [0.05, 0.1) is 11.1 Å². The Balaban J connectivity index is 2.54. The second-order valence-electron chi connectivity index (χ2n) is 4.51. The van der Waals surface area contributed by atoms with E-state index in [2.05, 4.69) is 0 Å². The fraction of sp³-hybridized carbons (Fsp3) is 0.133. The molecule has 0 radical (unpaired) electrons. The maximum atomic E-state index is 13.7. The molecular weight excluding hydrogens is 288 g/mol. The third-order valence-electron chi connectivity index (χ3n) is 3.11. The number of rotatable bonds is 2. The van der Waals surface area contributed by atoms with E-state index in [0.717, 1.165) is 18.2 Å². The summed E-state index contributed by atoms with van der Waals surface area (Å²) in [7, 11) is 0. The van der Waals surface area contributed by atoms with Crippen LogP contribution >= 0.6 is 0 Å². The van der Waals surface area contributed by atoms with E-state index in [1.807, 2.05) is 0 Å². The molecule has 0 aliphatic rings. The predicted octanol–water partition coefficient (Wildman–Crippen LogP) is 4.52. The summed E-state index contributed by atoms with van der Waals surface area (Å²) < 4.78 is 51.2. The topological polar surface area (TPSA) is 37.3 Å². The van der Waals surface area contributed by atoms with Gasteiger partial charge in [0.1, 0.15) is 5.82 Å². The zero-order chi connectivity index (χ0) is 15.8. The highest BCUT2D eigenvalue weighted by molar-refractivity contribution is 5.90. The zero-order valence-corrected chi connectivity index (χ0v) is 10.8. The monoisotopic (exact) mass is 298 g/mol. The first-order chi connectivity index (χ1) is 9.70. The molecule has 0 aliphatic carbocycles. The molecule has 0 unspecified atom stereocenters. The van der Waals surface area contributed by atoms with E-state index in [1.54, 1.807) is 0 Å². The quantitative estimate of drug-likeness (QED) is 0.828. The van der Waals surface area contributed by atoms with Gasteiger partial charge in [-0.1, -0.05) is 12.1 Å². The predicted molar refractivity (Wildman–Crippen MR) is 68.5 cm³/mol. The number of carbonyl (C=O) groups is 1. The second-order valence-corrected chi connectivity index (χ2v) is 4.51. The summed E-state index contributed by atoms with van der Waals surface area (Å²) >= 11 is 0. The summed E-state index contributed by atoms with van der Waals surface area (Å²) in [4.78, 5) is 10.9. The largest absolute Gasteiger partial charge is 0.478 e. The Labute approximate surface area is 117 Å². The molecule has 21 heavy (non-hydrogen) atoms. The lowest BCUT2D eigenvalue weighted by Gasteiger charge is -2.11. The summed E-state index contributed by atoms with van der Waals surface area (Å²) in [5.74, 6) is -2.02. The van der Waals surface area contributed by atoms with Crippen LogP contribution in [0.1, 0.15) is 21.5 Å². The van der Waals surface area contributed by atoms with Crippen molar-refractivity contribution >= 4 is 5.97 Å². The molecule has 0 heterocycles. The van der Waals surface area contributed by atoms with Gasteiger partial charge >= 0.3 is 12.1 Å². The lowest BCUT2D eigenvalue weighted by molar-refractivity contribution is -0.137. The Bertz CT molecular complexity index is 688. The van der Waals surface area contributed by atoms with Gasteiger partial charge in [0.15, 0.2) is 0 Å². The van der Waals surface area contributed by atoms with E-state index < -0.39 is 23.5 Å². The van der Waals surface area contributed by atoms with Crippen molar-refractivity contribution in [2.45, 2.75) is 13.1 Å². The van der Waals surface area contributed by atoms with Crippen molar-refractivity contribution < 1.29 is 27.5 Å². The Kier molecular flexibility index (Phi) is 3.72. The minimum absolute atomic E-state index is 0.180. The maximum Gasteiger partial charge on any atom is 0.416 e. The van der Waals surface area contributed by atoms with E-state index in [0.29, 0.717) is 5.56 Å². The molecule has 0 saturated carbocycles. The second kappa shape index (κ2) is 5.20. The van der Waals surface area contributed by atoms with Crippen molar-refractivity contribution in [2.75, 3.05) is 0 Å². The molecular formula is C15H10F4O2. The van der Waals surface area contributed by atoms with Crippen molar-refractivity contribution in [1.82, 2.24) is 0 Å². The SMILES string of the molecule is Cc1c(F)cc(C(=O)O)cc1-c1ccc(C(F)(F)F)cc1. The van der Waals surface area contributed by atoms with Gasteiger partial charge in [-0.05, 0) is 47.9 Å². The first-order valence-corrected chi connectivity index (χ1v) is 5.91. The molecule has 0 saturated heterocycles. The number of benzene rings is 2. The summed E-state index contributed by atoms with van der Waals surface area (Å²) in [6.45, 7) is 1.44. The number of carboxylic acids is 1. The molecule has 2 aromatic carbocycles. The smallest absolute Gasteiger partial charge is 0.416 e. The average Bonchev–Trinajstić information content (AvgIpc) is 2.40. The zero-order valence-electron chi connectivity index (χ0n) is 10.8. The van der Waals surface area contributed by atoms with Crippen molar-refractivity contribution in [3.8, 4) is 11.1 Å². The van der Waals surface area contributed by atoms with E-state index in [4.69, 9.17) is 5.11 Å². The van der Waals surface area contributed by atoms with Gasteiger partial charge in [0.2, 0.25) is 0 Å². The molecule has 6 heteroatoms. The lowest BCUT2D eigenvalue weighted by atomic mass is 9.96. The standard InChI is InChI=1S/C15H10F4O2/c1-8-12(6-10(14(20)21)7-13(8)16)9-2-4-11(5-3-9)15(17,18)19/h2-7H,1H3,(H,20,21). The Morgan fingerprint density at radius 1 is 1.10 bits per heavy atom. The van der Waals surface area contributed by atoms with Crippen molar-refractivity contribution in [3.63, 3.8) is 0 Å². The molecule has 1 N–H and O–H groups in total. The molecule has 110 valence electrons. The summed E-state index contributed by atoms with van der Waals surface area (Å²) in [6, 6.07) is 6.25. The first kappa shape index (κ1) is 15.0. The van der Waals surface area contributed by atoms with E-state index >= 15 is 0 Å². The van der Waals surface area contributed by atoms with Crippen LogP contribution in [0.5, 0.6) is 0 Å². The minimum atomic E-state index is -4.46. The van der Waals surface area contributed by atoms with Gasteiger partial charge in [-0.25, -0.2) is 9.18 Å². The Morgan fingerprint density at radius 2 is 1.67 bits per heavy atom. The van der Waals surface area contributed by atoms with Crippen LogP contribution in [0.25, 0.3) is 11.1 Å². The fourth-order valence-corrected chi connectivity index (χ4v) is 1.94. The lowest BCUT2D eigenvalue weighted by Crippen LogP contribution is -2.04. The fourth-order valence-electron chi connectivity index (χ4n) is 1.94. The summed E-state index contributed by atoms with van der Waals surface area (Å²) in [5, 5.41) is 8.91. The molecule has 0 atom stereocenters. The number of hydrogen-bond acceptors (Lipinski definition) is 1. The molecule has 2 nitrogen and oxygen atoms in total. The number of alkyl halides is 3. The minimum Gasteiger partial charge on any atom is -0.478 e. The summed E-state index contributed by atoms with van der Waals surface area (Å²) in [6.07, 6.45) is -4.46. The molecule has 0 spiro atoms. The number of carboxylic acid groups (broad SMARTS) is 1. The first-order valence-electron chi connectivity index (χ1n) is 5.91. The van der Waals surface area contributed by atoms with E-state index in [1.165, 1.54) is 25.1 Å². The molecule has 0 fully saturated rings. The van der Waals surface area contributed by atoms with Gasteiger partial charge in [0, 0.05) is 0 Å². The van der Waals surface area contributed by atoms with Crippen LogP contribution in [0, 0.1) is 12.7 Å². The highest BCUT2D eigenvalue weighted by atomic mass is 19.4. The molecule has 0 bridgehead atoms. The van der Waals surface area contributed by atoms with Crippen molar-refractivity contribution in [1.29, 1.82) is 0 Å². The third-order valence-corrected chi connectivity index (χ3v) is 3.11. The number of aromatic carboxylic acids is 1. The van der Waals surface area contributed by atoms with Crippen LogP contribution in [-0.2, 0) is 6.18 Å². The van der Waals surface area contributed by atoms with Crippen LogP contribution in [0.3, 0.4) is 0 Å². The van der Waals surface area contributed by atoms with Gasteiger partial charge < -0.3 is 5.11 Å². The molecule has 0 aliphatic heterocycles. The molecule has 2 rings (SSSR count). The molecule has 0 amide bonds.